The topological polar surface area (TPSA) is 117 Å². The lowest BCUT2D eigenvalue weighted by molar-refractivity contribution is -0.870. The number of nitrogens with zero attached hydrogens (tertiary/aromatic N) is 2. The van der Waals surface area contributed by atoms with Gasteiger partial charge in [-0.15, -0.1) is 23.7 Å². The number of hydrogen-bond donors (Lipinski definition) is 0. The molecular weight excluding hydrogens is 891 g/mol. The van der Waals surface area contributed by atoms with Crippen molar-refractivity contribution in [3.05, 3.63) is 0 Å². The monoisotopic (exact) mass is 999 g/mol. The van der Waals surface area contributed by atoms with Gasteiger partial charge in [-0.3, -0.25) is 9.13 Å². The lowest BCUT2D eigenvalue weighted by Gasteiger charge is -2.28. The van der Waals surface area contributed by atoms with E-state index in [1.54, 1.807) is 0 Å². The zero-order valence-corrected chi connectivity index (χ0v) is 47.1. The molecule has 1 aliphatic carbocycles. The van der Waals surface area contributed by atoms with Crippen molar-refractivity contribution in [2.75, 3.05) is 81.8 Å². The first-order valence-electron chi connectivity index (χ1n) is 28.3. The number of quaternary nitrogens is 2. The summed E-state index contributed by atoms with van der Waals surface area (Å²) in [7, 11) is 3.53. The second-order valence-electron chi connectivity index (χ2n) is 22.4. The summed E-state index contributed by atoms with van der Waals surface area (Å²) in [5.74, 6) is 14.2. The van der Waals surface area contributed by atoms with E-state index in [1.807, 2.05) is 42.3 Å². The van der Waals surface area contributed by atoms with Gasteiger partial charge in [-0.05, 0) is 63.2 Å². The van der Waals surface area contributed by atoms with Gasteiger partial charge in [-0.1, -0.05) is 167 Å². The summed E-state index contributed by atoms with van der Waals surface area (Å²) in [6.07, 6.45) is 44.8. The van der Waals surface area contributed by atoms with E-state index in [4.69, 9.17) is 18.1 Å². The maximum absolute atomic E-state index is 12.5. The molecule has 0 radical (unpaired) electrons. The van der Waals surface area contributed by atoms with E-state index in [2.05, 4.69) is 23.7 Å². The van der Waals surface area contributed by atoms with Gasteiger partial charge < -0.3 is 36.8 Å². The van der Waals surface area contributed by atoms with Crippen molar-refractivity contribution >= 4 is 15.6 Å². The molecule has 0 spiro atoms. The molecule has 400 valence electrons. The summed E-state index contributed by atoms with van der Waals surface area (Å²) in [5, 5.41) is 0. The van der Waals surface area contributed by atoms with Crippen LogP contribution in [0.2, 0.25) is 0 Å². The second kappa shape index (κ2) is 42.7. The normalized spacial score (nSPS) is 23.5. The molecule has 0 heterocycles. The molecule has 4 atom stereocenters. The SMILES string of the molecule is C[N+](C)(C)CCOP(=O)([O-])OCC1CCCCCCCCCC#CCCCCCCCCCC(COP(=O)([O-])OCC[N+](C)(C)C)CCCCCCCCCCC#CCCCCCCCCCC1. The van der Waals surface area contributed by atoms with Crippen LogP contribution in [0.3, 0.4) is 0 Å². The quantitative estimate of drug-likeness (QED) is 0.0959. The van der Waals surface area contributed by atoms with Gasteiger partial charge >= 0.3 is 0 Å². The number of likely N-dealkylation sites (N-methyl/N-ethyl adjacent to an activating group) is 2. The molecule has 0 saturated carbocycles. The van der Waals surface area contributed by atoms with Crippen LogP contribution in [-0.2, 0) is 27.2 Å². The van der Waals surface area contributed by atoms with Crippen molar-refractivity contribution in [3.63, 3.8) is 0 Å². The van der Waals surface area contributed by atoms with E-state index >= 15 is 0 Å². The zero-order chi connectivity index (χ0) is 49.9. The average Bonchev–Trinajstić information content (AvgIpc) is 3.26. The third-order valence-electron chi connectivity index (χ3n) is 13.4. The van der Waals surface area contributed by atoms with Crippen molar-refractivity contribution in [2.24, 2.45) is 11.8 Å². The highest BCUT2D eigenvalue weighted by Crippen LogP contribution is 2.40. The van der Waals surface area contributed by atoms with Gasteiger partial charge in [0.1, 0.15) is 26.3 Å². The fourth-order valence-electron chi connectivity index (χ4n) is 8.77. The maximum Gasteiger partial charge on any atom is 0.268 e. The van der Waals surface area contributed by atoms with Gasteiger partial charge in [0.25, 0.3) is 15.6 Å². The van der Waals surface area contributed by atoms with Crippen molar-refractivity contribution < 1.29 is 46.0 Å². The molecule has 0 amide bonds. The Labute approximate surface area is 421 Å². The van der Waals surface area contributed by atoms with Gasteiger partial charge in [0.05, 0.1) is 55.5 Å². The Morgan fingerprint density at radius 1 is 0.353 bits per heavy atom. The van der Waals surface area contributed by atoms with Crippen LogP contribution >= 0.6 is 15.6 Å². The minimum absolute atomic E-state index is 0.145. The Morgan fingerprint density at radius 2 is 0.559 bits per heavy atom. The number of phosphoric acid groups is 2. The fourth-order valence-corrected chi connectivity index (χ4v) is 10.3. The van der Waals surface area contributed by atoms with Gasteiger partial charge in [-0.25, -0.2) is 0 Å². The first-order chi connectivity index (χ1) is 32.6. The van der Waals surface area contributed by atoms with Crippen LogP contribution in [-0.4, -0.2) is 90.8 Å². The van der Waals surface area contributed by atoms with Crippen molar-refractivity contribution in [1.82, 2.24) is 0 Å². The highest BCUT2D eigenvalue weighted by molar-refractivity contribution is 7.46. The van der Waals surface area contributed by atoms with Gasteiger partial charge in [0.2, 0.25) is 0 Å². The van der Waals surface area contributed by atoms with E-state index in [-0.39, 0.29) is 38.3 Å². The predicted molar refractivity (Wildman–Crippen MR) is 283 cm³/mol. The lowest BCUT2D eigenvalue weighted by Crippen LogP contribution is -2.37. The van der Waals surface area contributed by atoms with Crippen LogP contribution in [0.4, 0.5) is 0 Å². The summed E-state index contributed by atoms with van der Waals surface area (Å²) in [5.41, 5.74) is 0. The molecule has 0 aliphatic heterocycles. The Morgan fingerprint density at radius 3 is 0.779 bits per heavy atom. The van der Waals surface area contributed by atoms with Crippen LogP contribution in [0.15, 0.2) is 0 Å². The maximum atomic E-state index is 12.5. The first-order valence-corrected chi connectivity index (χ1v) is 31.2. The Balaban J connectivity index is 2.55. The molecule has 0 aromatic carbocycles. The lowest BCUT2D eigenvalue weighted by atomic mass is 9.94. The molecule has 12 heteroatoms. The highest BCUT2D eigenvalue weighted by atomic mass is 31.2. The molecule has 1 rings (SSSR count). The first kappa shape index (κ1) is 65.3. The summed E-state index contributed by atoms with van der Waals surface area (Å²) < 4.78 is 47.7. The molecule has 0 saturated heterocycles. The summed E-state index contributed by atoms with van der Waals surface area (Å²) in [4.78, 5) is 25.1. The molecule has 0 bridgehead atoms. The third-order valence-corrected chi connectivity index (χ3v) is 15.3. The largest absolute Gasteiger partial charge is 0.756 e. The smallest absolute Gasteiger partial charge is 0.268 e. The van der Waals surface area contributed by atoms with Gasteiger partial charge in [0.15, 0.2) is 0 Å². The molecule has 0 aromatic heterocycles. The Bertz CT molecular complexity index is 1300. The third kappa shape index (κ3) is 47.6. The minimum Gasteiger partial charge on any atom is -0.756 e. The second-order valence-corrected chi connectivity index (χ2v) is 25.2. The van der Waals surface area contributed by atoms with E-state index in [1.165, 1.54) is 167 Å². The van der Waals surface area contributed by atoms with E-state index < -0.39 is 15.6 Å². The van der Waals surface area contributed by atoms with Crippen molar-refractivity contribution in [2.45, 2.75) is 244 Å². The number of rotatable bonds is 14. The minimum atomic E-state index is -4.30. The van der Waals surface area contributed by atoms with E-state index in [0.29, 0.717) is 22.1 Å². The zero-order valence-electron chi connectivity index (χ0n) is 45.3. The average molecular weight is 999 g/mol. The van der Waals surface area contributed by atoms with Crippen molar-refractivity contribution in [1.29, 1.82) is 0 Å². The molecule has 0 N–H and O–H groups in total. The van der Waals surface area contributed by atoms with Gasteiger partial charge in [-0.2, -0.15) is 0 Å². The van der Waals surface area contributed by atoms with Crippen molar-refractivity contribution in [3.8, 4) is 23.7 Å². The van der Waals surface area contributed by atoms with Gasteiger partial charge in [0, 0.05) is 25.7 Å². The molecule has 4 unspecified atom stereocenters. The number of hydrogen-bond acceptors (Lipinski definition) is 8. The summed E-state index contributed by atoms with van der Waals surface area (Å²) in [6.45, 7) is 1.99. The molecule has 1 aliphatic rings. The predicted octanol–water partition coefficient (Wildman–Crippen LogP) is 14.5. The van der Waals surface area contributed by atoms with Crippen LogP contribution in [0.5, 0.6) is 0 Å². The molecule has 0 fully saturated rings. The van der Waals surface area contributed by atoms with Crippen LogP contribution in [0, 0.1) is 35.5 Å². The molecular formula is C56H108N2O8P2. The highest BCUT2D eigenvalue weighted by Gasteiger charge is 2.19. The molecule has 10 nitrogen and oxygen atoms in total. The standard InChI is InChI=1S/C56H108N2O8P2/c1-57(2,3)49-51-63-67(59,60)65-53-55-45-41-37-33-29-25-21-17-13-9-7-8-10-14-18-22-26-30-34-38-42-46-56(54-66-68(61,62)64-52-50-58(4,5)6)48-44-40-36-32-28-24-20-16-12-11-15-19-23-27-31-35-39-43-47-55/h55-56H,9-10,13-54H2,1-6H3. The summed E-state index contributed by atoms with van der Waals surface area (Å²) in [6, 6.07) is 0. The van der Waals surface area contributed by atoms with E-state index in [0.717, 1.165) is 77.0 Å². The Kier molecular flexibility index (Phi) is 41.0. The van der Waals surface area contributed by atoms with E-state index in [9.17, 15) is 18.9 Å². The van der Waals surface area contributed by atoms with Crippen LogP contribution < -0.4 is 9.79 Å². The number of phosphoric ester groups is 2. The summed E-state index contributed by atoms with van der Waals surface area (Å²) >= 11 is 0. The molecule has 0 aromatic rings. The Hall–Kier alpha value is -0.740. The van der Waals surface area contributed by atoms with Crippen LogP contribution in [0.1, 0.15) is 244 Å². The van der Waals surface area contributed by atoms with Crippen LogP contribution in [0.25, 0.3) is 0 Å². The fraction of sp³-hybridized carbons (Fsp3) is 0.929. The molecule has 68 heavy (non-hydrogen) atoms.